The van der Waals surface area contributed by atoms with Crippen molar-refractivity contribution in [3.8, 4) is 17.2 Å². The normalized spacial score (nSPS) is 11.5. The molecule has 0 aliphatic carbocycles. The number of nitrogens with two attached hydrogens (primary N) is 1. The summed E-state index contributed by atoms with van der Waals surface area (Å²) in [6.07, 6.45) is 0.924. The van der Waals surface area contributed by atoms with E-state index in [4.69, 9.17) is 9.47 Å². The second-order valence-electron chi connectivity index (χ2n) is 6.69. The molecule has 0 saturated heterocycles. The number of benzene rings is 3. The Hall–Kier alpha value is -3.31. The van der Waals surface area contributed by atoms with Gasteiger partial charge < -0.3 is 20.1 Å². The monoisotopic (exact) mass is 391 g/mol. The standard InChI is InChI=1S/C24H26N2O3/c1-3-21(18-13-15-19(28-2)16-14-18)25-17-24(27)26-22-11-7-8-12-23(22)29-20-9-5-4-6-10-20/h4-16,21,25H,3,17H2,1-2H3,(H,26,27)/p+1/t21-/m0/s1. The Morgan fingerprint density at radius 3 is 2.31 bits per heavy atom. The van der Waals surface area contributed by atoms with E-state index in [9.17, 15) is 4.79 Å². The van der Waals surface area contributed by atoms with Crippen molar-refractivity contribution < 1.29 is 19.6 Å². The Bertz CT molecular complexity index is 911. The molecule has 3 aromatic carbocycles. The van der Waals surface area contributed by atoms with Crippen molar-refractivity contribution in [1.82, 2.24) is 0 Å². The molecule has 0 aliphatic rings. The molecule has 0 fully saturated rings. The first-order valence-electron chi connectivity index (χ1n) is 9.78. The molecule has 5 heteroatoms. The Kier molecular flexibility index (Phi) is 7.25. The van der Waals surface area contributed by atoms with Crippen molar-refractivity contribution in [1.29, 1.82) is 0 Å². The third-order valence-electron chi connectivity index (χ3n) is 4.70. The summed E-state index contributed by atoms with van der Waals surface area (Å²) in [5, 5.41) is 5.02. The summed E-state index contributed by atoms with van der Waals surface area (Å²) in [6.45, 7) is 2.44. The molecule has 29 heavy (non-hydrogen) atoms. The van der Waals surface area contributed by atoms with Crippen molar-refractivity contribution >= 4 is 11.6 Å². The zero-order valence-electron chi connectivity index (χ0n) is 16.8. The molecule has 1 amide bonds. The van der Waals surface area contributed by atoms with Crippen LogP contribution in [0.1, 0.15) is 24.9 Å². The van der Waals surface area contributed by atoms with E-state index < -0.39 is 0 Å². The number of rotatable bonds is 9. The fraction of sp³-hybridized carbons (Fsp3) is 0.208. The quantitative estimate of drug-likeness (QED) is 0.576. The molecule has 1 atom stereocenters. The summed E-state index contributed by atoms with van der Waals surface area (Å²) in [6, 6.07) is 25.2. The van der Waals surface area contributed by atoms with Crippen molar-refractivity contribution in [2.24, 2.45) is 0 Å². The number of hydrogen-bond acceptors (Lipinski definition) is 3. The van der Waals surface area contributed by atoms with Gasteiger partial charge in [-0.25, -0.2) is 0 Å². The number of nitrogens with one attached hydrogen (secondary N) is 1. The molecule has 0 aromatic heterocycles. The van der Waals surface area contributed by atoms with Gasteiger partial charge in [0.05, 0.1) is 12.8 Å². The Morgan fingerprint density at radius 1 is 0.931 bits per heavy atom. The third-order valence-corrected chi connectivity index (χ3v) is 4.70. The van der Waals surface area contributed by atoms with Gasteiger partial charge in [0.25, 0.3) is 5.91 Å². The van der Waals surface area contributed by atoms with Gasteiger partial charge in [0.15, 0.2) is 12.3 Å². The van der Waals surface area contributed by atoms with Gasteiger partial charge >= 0.3 is 0 Å². The molecule has 3 N–H and O–H groups in total. The topological polar surface area (TPSA) is 64.2 Å². The zero-order valence-corrected chi connectivity index (χ0v) is 16.8. The number of para-hydroxylation sites is 3. The van der Waals surface area contributed by atoms with Crippen LogP contribution in [-0.4, -0.2) is 19.6 Å². The van der Waals surface area contributed by atoms with Gasteiger partial charge in [-0.05, 0) is 48.5 Å². The van der Waals surface area contributed by atoms with E-state index in [2.05, 4.69) is 17.6 Å². The molecule has 0 heterocycles. The molecule has 0 bridgehead atoms. The van der Waals surface area contributed by atoms with E-state index in [0.29, 0.717) is 18.0 Å². The highest BCUT2D eigenvalue weighted by atomic mass is 16.5. The van der Waals surface area contributed by atoms with E-state index in [1.54, 1.807) is 7.11 Å². The maximum absolute atomic E-state index is 12.6. The SMILES string of the molecule is CC[C@H]([NH2+]CC(=O)Nc1ccccc1Oc1ccccc1)c1ccc(OC)cc1. The molecular formula is C24H27N2O3+. The Morgan fingerprint density at radius 2 is 1.62 bits per heavy atom. The summed E-state index contributed by atoms with van der Waals surface area (Å²) in [7, 11) is 1.65. The van der Waals surface area contributed by atoms with Crippen LogP contribution in [0.2, 0.25) is 0 Å². The molecule has 0 unspecified atom stereocenters. The maximum Gasteiger partial charge on any atom is 0.279 e. The molecular weight excluding hydrogens is 364 g/mol. The second-order valence-corrected chi connectivity index (χ2v) is 6.69. The highest BCUT2D eigenvalue weighted by Gasteiger charge is 2.16. The minimum absolute atomic E-state index is 0.0685. The third kappa shape index (κ3) is 5.83. The Labute approximate surface area is 171 Å². The first-order chi connectivity index (χ1) is 14.2. The minimum atomic E-state index is -0.0685. The smallest absolute Gasteiger partial charge is 0.279 e. The van der Waals surface area contributed by atoms with Crippen LogP contribution in [0.25, 0.3) is 0 Å². The van der Waals surface area contributed by atoms with Gasteiger partial charge in [-0.3, -0.25) is 4.79 Å². The van der Waals surface area contributed by atoms with E-state index >= 15 is 0 Å². The van der Waals surface area contributed by atoms with Gasteiger partial charge in [-0.15, -0.1) is 0 Å². The molecule has 150 valence electrons. The predicted molar refractivity (Wildman–Crippen MR) is 114 cm³/mol. The highest BCUT2D eigenvalue weighted by Crippen LogP contribution is 2.28. The van der Waals surface area contributed by atoms with Crippen molar-refractivity contribution in [2.45, 2.75) is 19.4 Å². The average molecular weight is 391 g/mol. The van der Waals surface area contributed by atoms with Crippen LogP contribution < -0.4 is 20.1 Å². The van der Waals surface area contributed by atoms with Crippen LogP contribution in [0.5, 0.6) is 17.2 Å². The number of anilines is 1. The van der Waals surface area contributed by atoms with Crippen LogP contribution in [-0.2, 0) is 4.79 Å². The number of carbonyl (C=O) groups is 1. The van der Waals surface area contributed by atoms with E-state index in [0.717, 1.165) is 17.9 Å². The first-order valence-corrected chi connectivity index (χ1v) is 9.78. The lowest BCUT2D eigenvalue weighted by Crippen LogP contribution is -2.87. The maximum atomic E-state index is 12.6. The number of hydrogen-bond donors (Lipinski definition) is 2. The molecule has 5 nitrogen and oxygen atoms in total. The van der Waals surface area contributed by atoms with Gasteiger partial charge in [0.1, 0.15) is 17.5 Å². The first kappa shape index (κ1) is 20.4. The fourth-order valence-corrected chi connectivity index (χ4v) is 3.11. The highest BCUT2D eigenvalue weighted by molar-refractivity contribution is 5.92. The van der Waals surface area contributed by atoms with Crippen LogP contribution in [0.3, 0.4) is 0 Å². The second kappa shape index (κ2) is 10.3. The number of carbonyl (C=O) groups excluding carboxylic acids is 1. The average Bonchev–Trinajstić information content (AvgIpc) is 2.77. The summed E-state index contributed by atoms with van der Waals surface area (Å²) in [4.78, 5) is 12.6. The molecule has 0 radical (unpaired) electrons. The van der Waals surface area contributed by atoms with E-state index in [1.165, 1.54) is 5.56 Å². The Balaban J connectivity index is 1.60. The van der Waals surface area contributed by atoms with Gasteiger partial charge in [-0.2, -0.15) is 0 Å². The van der Waals surface area contributed by atoms with Crippen LogP contribution >= 0.6 is 0 Å². The number of ether oxygens (including phenoxy) is 2. The van der Waals surface area contributed by atoms with Crippen LogP contribution in [0.4, 0.5) is 5.69 Å². The van der Waals surface area contributed by atoms with Gasteiger partial charge in [0.2, 0.25) is 0 Å². The number of methoxy groups -OCH3 is 1. The van der Waals surface area contributed by atoms with Gasteiger partial charge in [0, 0.05) is 12.0 Å². The van der Waals surface area contributed by atoms with Crippen molar-refractivity contribution in [3.05, 3.63) is 84.4 Å². The van der Waals surface area contributed by atoms with Crippen LogP contribution in [0.15, 0.2) is 78.9 Å². The lowest BCUT2D eigenvalue weighted by Gasteiger charge is -2.15. The fourth-order valence-electron chi connectivity index (χ4n) is 3.11. The lowest BCUT2D eigenvalue weighted by atomic mass is 10.0. The van der Waals surface area contributed by atoms with Gasteiger partial charge in [-0.1, -0.05) is 37.3 Å². The van der Waals surface area contributed by atoms with E-state index in [-0.39, 0.29) is 11.9 Å². The molecule has 0 saturated carbocycles. The zero-order chi connectivity index (χ0) is 20.5. The number of amides is 1. The summed E-state index contributed by atoms with van der Waals surface area (Å²) < 4.78 is 11.1. The summed E-state index contributed by atoms with van der Waals surface area (Å²) >= 11 is 0. The molecule has 3 aromatic rings. The minimum Gasteiger partial charge on any atom is -0.497 e. The van der Waals surface area contributed by atoms with E-state index in [1.807, 2.05) is 78.9 Å². The molecule has 0 spiro atoms. The predicted octanol–water partition coefficient (Wildman–Crippen LogP) is 4.14. The summed E-state index contributed by atoms with van der Waals surface area (Å²) in [5.41, 5.74) is 1.83. The molecule has 3 rings (SSSR count). The van der Waals surface area contributed by atoms with Crippen molar-refractivity contribution in [2.75, 3.05) is 19.0 Å². The lowest BCUT2D eigenvalue weighted by molar-refractivity contribution is -0.686. The van der Waals surface area contributed by atoms with Crippen molar-refractivity contribution in [3.63, 3.8) is 0 Å². The summed E-state index contributed by atoms with van der Waals surface area (Å²) in [5.74, 6) is 2.11. The molecule has 0 aliphatic heterocycles. The van der Waals surface area contributed by atoms with Crippen LogP contribution in [0, 0.1) is 0 Å². The largest absolute Gasteiger partial charge is 0.497 e. The number of quaternary nitrogens is 1.